The molecule has 1 aliphatic rings. The van der Waals surface area contributed by atoms with Gasteiger partial charge in [-0.2, -0.15) is 15.4 Å². The maximum Gasteiger partial charge on any atom is 0.251 e. The number of nitrogens with one attached hydrogen (secondary N) is 2. The van der Waals surface area contributed by atoms with E-state index in [2.05, 4.69) is 25.7 Å². The molecule has 0 aliphatic carbocycles. The number of hydrogen-bond donors (Lipinski definition) is 2. The highest BCUT2D eigenvalue weighted by atomic mass is 19.1. The van der Waals surface area contributed by atoms with Gasteiger partial charge in [0.05, 0.1) is 0 Å². The Morgan fingerprint density at radius 3 is 3.04 bits per heavy atom. The third kappa shape index (κ3) is 2.66. The van der Waals surface area contributed by atoms with E-state index in [9.17, 15) is 9.18 Å². The minimum Gasteiger partial charge on any atom is -0.352 e. The summed E-state index contributed by atoms with van der Waals surface area (Å²) >= 11 is 0. The zero-order valence-electron chi connectivity index (χ0n) is 12.7. The molecular weight excluding hydrogens is 311 g/mol. The number of aromatic amines is 1. The maximum absolute atomic E-state index is 13.8. The first-order valence-electron chi connectivity index (χ1n) is 7.67. The predicted octanol–water partition coefficient (Wildman–Crippen LogP) is 1.50. The Hall–Kier alpha value is -3.03. The van der Waals surface area contributed by atoms with E-state index in [0.29, 0.717) is 35.5 Å². The van der Waals surface area contributed by atoms with E-state index in [-0.39, 0.29) is 17.8 Å². The Bertz CT molecular complexity index is 895. The van der Waals surface area contributed by atoms with Crippen molar-refractivity contribution in [1.82, 2.24) is 25.7 Å². The second-order valence-corrected chi connectivity index (χ2v) is 5.74. The minimum absolute atomic E-state index is 0.0492. The average molecular weight is 326 g/mol. The van der Waals surface area contributed by atoms with Crippen molar-refractivity contribution in [1.29, 1.82) is 0 Å². The van der Waals surface area contributed by atoms with Gasteiger partial charge >= 0.3 is 0 Å². The van der Waals surface area contributed by atoms with E-state index in [0.717, 1.165) is 6.42 Å². The van der Waals surface area contributed by atoms with Crippen LogP contribution in [0.5, 0.6) is 0 Å². The molecule has 1 aliphatic heterocycles. The van der Waals surface area contributed by atoms with Crippen molar-refractivity contribution >= 4 is 22.8 Å². The highest BCUT2D eigenvalue weighted by molar-refractivity contribution is 5.97. The number of halogens is 1. The van der Waals surface area contributed by atoms with Gasteiger partial charge < -0.3 is 10.2 Å². The summed E-state index contributed by atoms with van der Waals surface area (Å²) in [6, 6.07) is 8.06. The number of fused-ring (bicyclic) bond motifs is 1. The quantitative estimate of drug-likeness (QED) is 0.762. The van der Waals surface area contributed by atoms with Gasteiger partial charge in [-0.15, -0.1) is 0 Å². The van der Waals surface area contributed by atoms with E-state index in [1.807, 2.05) is 4.90 Å². The maximum atomic E-state index is 13.8. The zero-order valence-corrected chi connectivity index (χ0v) is 12.7. The van der Waals surface area contributed by atoms with Gasteiger partial charge in [-0.1, -0.05) is 0 Å². The number of carbonyl (C=O) groups excluding carboxylic acids is 1. The molecule has 1 unspecified atom stereocenters. The van der Waals surface area contributed by atoms with Crippen LogP contribution in [0.3, 0.4) is 0 Å². The highest BCUT2D eigenvalue weighted by Crippen LogP contribution is 2.21. The number of aromatic nitrogens is 4. The standard InChI is InChI=1S/C16H15FN6O/c17-12-2-1-6-18-15(12)23-7-5-11(9-23)19-16(24)10-3-4-13-14(8-10)21-22-20-13/h1-4,6,8,11H,5,7,9H2,(H,19,24)(H,20,21,22). The second-order valence-electron chi connectivity index (χ2n) is 5.74. The Kier molecular flexibility index (Phi) is 3.56. The van der Waals surface area contributed by atoms with Crippen LogP contribution in [0.1, 0.15) is 16.8 Å². The molecule has 1 aromatic carbocycles. The van der Waals surface area contributed by atoms with Crippen molar-refractivity contribution in [3.05, 3.63) is 47.9 Å². The lowest BCUT2D eigenvalue weighted by atomic mass is 10.1. The molecule has 1 fully saturated rings. The largest absolute Gasteiger partial charge is 0.352 e. The molecule has 3 aromatic rings. The molecule has 1 atom stereocenters. The normalized spacial score (nSPS) is 17.4. The summed E-state index contributed by atoms with van der Waals surface area (Å²) in [4.78, 5) is 18.3. The molecule has 0 spiro atoms. The second kappa shape index (κ2) is 5.88. The number of rotatable bonds is 3. The van der Waals surface area contributed by atoms with Crippen LogP contribution in [0.15, 0.2) is 36.5 Å². The smallest absolute Gasteiger partial charge is 0.251 e. The van der Waals surface area contributed by atoms with Gasteiger partial charge in [0.15, 0.2) is 11.6 Å². The lowest BCUT2D eigenvalue weighted by molar-refractivity contribution is 0.0940. The Morgan fingerprint density at radius 2 is 2.17 bits per heavy atom. The fraction of sp³-hybridized carbons (Fsp3) is 0.250. The van der Waals surface area contributed by atoms with Crippen molar-refractivity contribution in [2.75, 3.05) is 18.0 Å². The fourth-order valence-corrected chi connectivity index (χ4v) is 2.93. The number of hydrogen-bond acceptors (Lipinski definition) is 5. The van der Waals surface area contributed by atoms with Crippen molar-refractivity contribution in [2.45, 2.75) is 12.5 Å². The molecule has 8 heteroatoms. The molecule has 0 saturated carbocycles. The number of anilines is 1. The number of benzene rings is 1. The van der Waals surface area contributed by atoms with Gasteiger partial charge in [-0.25, -0.2) is 9.37 Å². The molecule has 7 nitrogen and oxygen atoms in total. The molecule has 24 heavy (non-hydrogen) atoms. The van der Waals surface area contributed by atoms with Crippen LogP contribution in [0, 0.1) is 5.82 Å². The van der Waals surface area contributed by atoms with Gasteiger partial charge in [-0.05, 0) is 36.8 Å². The molecule has 0 radical (unpaired) electrons. The van der Waals surface area contributed by atoms with Crippen molar-refractivity contribution in [2.24, 2.45) is 0 Å². The molecule has 4 rings (SSSR count). The topological polar surface area (TPSA) is 86.8 Å². The van der Waals surface area contributed by atoms with E-state index in [1.54, 1.807) is 30.5 Å². The molecule has 1 amide bonds. The van der Waals surface area contributed by atoms with E-state index in [4.69, 9.17) is 0 Å². The van der Waals surface area contributed by atoms with E-state index in [1.165, 1.54) is 6.07 Å². The number of amides is 1. The van der Waals surface area contributed by atoms with Gasteiger partial charge in [0.2, 0.25) is 0 Å². The van der Waals surface area contributed by atoms with E-state index >= 15 is 0 Å². The predicted molar refractivity (Wildman–Crippen MR) is 86.2 cm³/mol. The third-order valence-corrected chi connectivity index (χ3v) is 4.14. The number of carbonyl (C=O) groups is 1. The Balaban J connectivity index is 1.44. The molecule has 3 heterocycles. The van der Waals surface area contributed by atoms with Gasteiger partial charge in [-0.3, -0.25) is 4.79 Å². The Labute approximate surface area is 136 Å². The average Bonchev–Trinajstić information content (AvgIpc) is 3.23. The first kappa shape index (κ1) is 14.6. The van der Waals surface area contributed by atoms with Crippen LogP contribution in [0.2, 0.25) is 0 Å². The van der Waals surface area contributed by atoms with Crippen LogP contribution in [0.4, 0.5) is 10.2 Å². The van der Waals surface area contributed by atoms with Gasteiger partial charge in [0, 0.05) is 30.9 Å². The summed E-state index contributed by atoms with van der Waals surface area (Å²) in [5.41, 5.74) is 1.88. The molecular formula is C16H15FN6O. The molecule has 2 N–H and O–H groups in total. The first-order chi connectivity index (χ1) is 11.7. The molecule has 1 saturated heterocycles. The number of nitrogens with zero attached hydrogens (tertiary/aromatic N) is 4. The van der Waals surface area contributed by atoms with Crippen LogP contribution in [-0.2, 0) is 0 Å². The van der Waals surface area contributed by atoms with Crippen LogP contribution in [-0.4, -0.2) is 45.4 Å². The van der Waals surface area contributed by atoms with Crippen molar-refractivity contribution in [3.8, 4) is 0 Å². The Morgan fingerprint density at radius 1 is 1.29 bits per heavy atom. The summed E-state index contributed by atoms with van der Waals surface area (Å²) in [6.45, 7) is 1.19. The molecule has 0 bridgehead atoms. The number of H-pyrrole nitrogens is 1. The first-order valence-corrected chi connectivity index (χ1v) is 7.67. The molecule has 2 aromatic heterocycles. The van der Waals surface area contributed by atoms with Crippen molar-refractivity contribution in [3.63, 3.8) is 0 Å². The third-order valence-electron chi connectivity index (χ3n) is 4.14. The van der Waals surface area contributed by atoms with E-state index < -0.39 is 0 Å². The van der Waals surface area contributed by atoms with Gasteiger partial charge in [0.25, 0.3) is 5.91 Å². The zero-order chi connectivity index (χ0) is 16.5. The summed E-state index contributed by atoms with van der Waals surface area (Å²) in [5.74, 6) is -0.188. The van der Waals surface area contributed by atoms with Crippen LogP contribution in [0.25, 0.3) is 11.0 Å². The SMILES string of the molecule is O=C(NC1CCN(c2ncccc2F)C1)c1ccc2n[nH]nc2c1. The fourth-order valence-electron chi connectivity index (χ4n) is 2.93. The number of pyridine rings is 1. The summed E-state index contributed by atoms with van der Waals surface area (Å²) in [7, 11) is 0. The molecule has 122 valence electrons. The van der Waals surface area contributed by atoms with Crippen LogP contribution >= 0.6 is 0 Å². The van der Waals surface area contributed by atoms with Crippen molar-refractivity contribution < 1.29 is 9.18 Å². The minimum atomic E-state index is -0.346. The summed E-state index contributed by atoms with van der Waals surface area (Å²) in [6.07, 6.45) is 2.31. The van der Waals surface area contributed by atoms with Crippen LogP contribution < -0.4 is 10.2 Å². The lowest BCUT2D eigenvalue weighted by Gasteiger charge is -2.18. The highest BCUT2D eigenvalue weighted by Gasteiger charge is 2.26. The monoisotopic (exact) mass is 326 g/mol. The summed E-state index contributed by atoms with van der Waals surface area (Å²) in [5, 5.41) is 13.4. The lowest BCUT2D eigenvalue weighted by Crippen LogP contribution is -2.37. The summed E-state index contributed by atoms with van der Waals surface area (Å²) < 4.78 is 13.8. The van der Waals surface area contributed by atoms with Gasteiger partial charge in [0.1, 0.15) is 11.0 Å².